The van der Waals surface area contributed by atoms with E-state index in [2.05, 4.69) is 55.6 Å². The molecular weight excluding hydrogens is 605 g/mol. The lowest BCUT2D eigenvalue weighted by atomic mass is 10.1. The molecule has 0 aliphatic rings. The largest absolute Gasteiger partial charge is 0.472 e. The molecular formula is C36H66NO8P. The van der Waals surface area contributed by atoms with Crippen molar-refractivity contribution in [3.8, 4) is 0 Å². The van der Waals surface area contributed by atoms with Crippen LogP contribution in [-0.2, 0) is 27.9 Å². The first kappa shape index (κ1) is 44.2. The number of aliphatic hydroxyl groups excluding tert-OH is 1. The smallest absolute Gasteiger partial charge is 0.463 e. The highest BCUT2D eigenvalue weighted by Crippen LogP contribution is 2.42. The van der Waals surface area contributed by atoms with E-state index in [0.717, 1.165) is 89.9 Å². The Balaban J connectivity index is 3.67. The van der Waals surface area contributed by atoms with E-state index in [1.165, 1.54) is 32.1 Å². The first-order chi connectivity index (χ1) is 22.3. The van der Waals surface area contributed by atoms with Crippen LogP contribution in [0.1, 0.15) is 149 Å². The molecule has 0 aromatic carbocycles. The van der Waals surface area contributed by atoms with Crippen LogP contribution in [-0.4, -0.2) is 54.3 Å². The van der Waals surface area contributed by atoms with E-state index in [4.69, 9.17) is 13.8 Å². The Morgan fingerprint density at radius 2 is 1.22 bits per heavy atom. The fraction of sp³-hybridized carbons (Fsp3) is 0.778. The van der Waals surface area contributed by atoms with Gasteiger partial charge in [-0.3, -0.25) is 18.6 Å². The molecule has 10 heteroatoms. The van der Waals surface area contributed by atoms with Crippen molar-refractivity contribution in [3.05, 3.63) is 36.5 Å². The fourth-order valence-electron chi connectivity index (χ4n) is 4.53. The van der Waals surface area contributed by atoms with Crippen LogP contribution in [0.15, 0.2) is 36.5 Å². The normalized spacial score (nSPS) is 13.9. The molecule has 268 valence electrons. The number of phosphoric acid groups is 1. The Morgan fingerprint density at radius 1 is 0.674 bits per heavy atom. The number of hydrogen-bond donors (Lipinski definition) is 3. The number of amides is 1. The number of phosphoric ester groups is 1. The number of esters is 1. The Bertz CT molecular complexity index is 861. The second-order valence-corrected chi connectivity index (χ2v) is 13.3. The summed E-state index contributed by atoms with van der Waals surface area (Å²) in [6.07, 6.45) is 33.6. The molecule has 0 saturated carbocycles. The van der Waals surface area contributed by atoms with E-state index in [1.807, 2.05) is 0 Å². The van der Waals surface area contributed by atoms with Crippen LogP contribution >= 0.6 is 7.82 Å². The maximum atomic E-state index is 12.0. The van der Waals surface area contributed by atoms with Crippen molar-refractivity contribution in [2.45, 2.75) is 155 Å². The minimum atomic E-state index is -4.41. The molecule has 2 unspecified atom stereocenters. The van der Waals surface area contributed by atoms with Crippen molar-refractivity contribution in [2.24, 2.45) is 0 Å². The predicted octanol–water partition coefficient (Wildman–Crippen LogP) is 9.04. The third kappa shape index (κ3) is 33.6. The summed E-state index contributed by atoms with van der Waals surface area (Å²) >= 11 is 0. The van der Waals surface area contributed by atoms with Crippen molar-refractivity contribution in [1.82, 2.24) is 5.32 Å². The van der Waals surface area contributed by atoms with Gasteiger partial charge in [0.1, 0.15) is 12.7 Å². The first-order valence-electron chi connectivity index (χ1n) is 18.0. The van der Waals surface area contributed by atoms with Crippen LogP contribution < -0.4 is 5.32 Å². The molecule has 0 aromatic heterocycles. The summed E-state index contributed by atoms with van der Waals surface area (Å²) in [5, 5.41) is 12.6. The number of allylic oxidation sites excluding steroid dienone is 6. The number of rotatable bonds is 33. The summed E-state index contributed by atoms with van der Waals surface area (Å²) in [5.41, 5.74) is 0. The molecule has 0 aromatic rings. The van der Waals surface area contributed by atoms with Crippen molar-refractivity contribution >= 4 is 19.7 Å². The van der Waals surface area contributed by atoms with Gasteiger partial charge >= 0.3 is 13.8 Å². The Kier molecular flexibility index (Phi) is 31.9. The van der Waals surface area contributed by atoms with Gasteiger partial charge in [0, 0.05) is 19.4 Å². The summed E-state index contributed by atoms with van der Waals surface area (Å²) < 4.78 is 26.7. The third-order valence-electron chi connectivity index (χ3n) is 7.27. The maximum Gasteiger partial charge on any atom is 0.472 e. The second kappa shape index (κ2) is 33.1. The zero-order valence-corrected chi connectivity index (χ0v) is 29.9. The molecule has 0 spiro atoms. The Morgan fingerprint density at radius 3 is 1.85 bits per heavy atom. The van der Waals surface area contributed by atoms with Crippen LogP contribution in [0.4, 0.5) is 0 Å². The van der Waals surface area contributed by atoms with E-state index in [1.54, 1.807) is 0 Å². The summed E-state index contributed by atoms with van der Waals surface area (Å²) in [6.45, 7) is 3.41. The topological polar surface area (TPSA) is 131 Å². The quantitative estimate of drug-likeness (QED) is 0.0273. The zero-order chi connectivity index (χ0) is 34.0. The van der Waals surface area contributed by atoms with Gasteiger partial charge in [0.2, 0.25) is 5.91 Å². The minimum absolute atomic E-state index is 0.0725. The Hall–Kier alpha value is -1.77. The monoisotopic (exact) mass is 671 g/mol. The lowest BCUT2D eigenvalue weighted by Gasteiger charge is -2.15. The zero-order valence-electron chi connectivity index (χ0n) is 29.0. The second-order valence-electron chi connectivity index (χ2n) is 11.8. The molecule has 0 fully saturated rings. The van der Waals surface area contributed by atoms with Gasteiger partial charge in [0.15, 0.2) is 0 Å². The number of ether oxygens (including phenoxy) is 1. The standard InChI is InChI=1S/C36H66NO8P/c1-3-5-7-9-11-13-15-17-18-20-22-24-26-28-35(39)37-30-31-44-46(41,42)45-33-34(38)32-43-36(40)29-27-25-23-21-19-16-14-12-10-8-6-4-2/h7,9,12-15,34,38H,3-6,8,10-11,16-33H2,1-2H3,(H,37,39)(H,41,42)/b9-7-,14-12-,15-13-. The summed E-state index contributed by atoms with van der Waals surface area (Å²) in [5.74, 6) is -0.544. The molecule has 46 heavy (non-hydrogen) atoms. The molecule has 0 radical (unpaired) electrons. The van der Waals surface area contributed by atoms with Crippen molar-refractivity contribution in [1.29, 1.82) is 0 Å². The molecule has 9 nitrogen and oxygen atoms in total. The van der Waals surface area contributed by atoms with Gasteiger partial charge in [0.25, 0.3) is 0 Å². The van der Waals surface area contributed by atoms with Gasteiger partial charge in [-0.15, -0.1) is 0 Å². The van der Waals surface area contributed by atoms with Crippen LogP contribution in [0.3, 0.4) is 0 Å². The van der Waals surface area contributed by atoms with Crippen molar-refractivity contribution in [3.63, 3.8) is 0 Å². The highest BCUT2D eigenvalue weighted by atomic mass is 31.2. The first-order valence-corrected chi connectivity index (χ1v) is 19.5. The summed E-state index contributed by atoms with van der Waals surface area (Å²) in [4.78, 5) is 33.7. The molecule has 1 amide bonds. The van der Waals surface area contributed by atoms with Crippen LogP contribution in [0.2, 0.25) is 0 Å². The predicted molar refractivity (Wildman–Crippen MR) is 187 cm³/mol. The number of unbranched alkanes of at least 4 members (excludes halogenated alkanes) is 14. The van der Waals surface area contributed by atoms with E-state index in [0.29, 0.717) is 6.42 Å². The summed E-state index contributed by atoms with van der Waals surface area (Å²) in [6, 6.07) is 0. The number of carbonyl (C=O) groups is 2. The van der Waals surface area contributed by atoms with Crippen LogP contribution in [0, 0.1) is 0 Å². The van der Waals surface area contributed by atoms with Gasteiger partial charge in [-0.25, -0.2) is 4.57 Å². The van der Waals surface area contributed by atoms with Gasteiger partial charge in [-0.2, -0.15) is 0 Å². The molecule has 0 aliphatic heterocycles. The number of nitrogens with one attached hydrogen (secondary N) is 1. The highest BCUT2D eigenvalue weighted by Gasteiger charge is 2.23. The van der Waals surface area contributed by atoms with Gasteiger partial charge in [-0.1, -0.05) is 108 Å². The Labute approximate surface area is 280 Å². The van der Waals surface area contributed by atoms with Gasteiger partial charge < -0.3 is 20.1 Å². The average Bonchev–Trinajstić information content (AvgIpc) is 3.04. The molecule has 0 rings (SSSR count). The molecule has 0 aliphatic carbocycles. The number of hydrogen-bond acceptors (Lipinski definition) is 7. The van der Waals surface area contributed by atoms with E-state index in [-0.39, 0.29) is 32.1 Å². The molecule has 0 saturated heterocycles. The van der Waals surface area contributed by atoms with Gasteiger partial charge in [-0.05, 0) is 64.2 Å². The molecule has 2 atom stereocenters. The molecule has 0 bridgehead atoms. The third-order valence-corrected chi connectivity index (χ3v) is 8.26. The summed E-state index contributed by atoms with van der Waals surface area (Å²) in [7, 11) is -4.41. The maximum absolute atomic E-state index is 12.0. The average molecular weight is 672 g/mol. The molecule has 0 heterocycles. The van der Waals surface area contributed by atoms with Crippen molar-refractivity contribution < 1.29 is 37.9 Å². The number of aliphatic hydroxyl groups is 1. The minimum Gasteiger partial charge on any atom is -0.463 e. The van der Waals surface area contributed by atoms with Crippen LogP contribution in [0.5, 0.6) is 0 Å². The SMILES string of the molecule is CCC/C=C\C/C=C\CCCCCCCC(=O)NCCOP(=O)(O)OCC(O)COC(=O)CCCCCCC/C=C\CCCCC. The van der Waals surface area contributed by atoms with E-state index in [9.17, 15) is 24.2 Å². The van der Waals surface area contributed by atoms with Crippen molar-refractivity contribution in [2.75, 3.05) is 26.4 Å². The lowest BCUT2D eigenvalue weighted by Crippen LogP contribution is -2.27. The van der Waals surface area contributed by atoms with E-state index >= 15 is 0 Å². The highest BCUT2D eigenvalue weighted by molar-refractivity contribution is 7.47. The van der Waals surface area contributed by atoms with Crippen LogP contribution in [0.25, 0.3) is 0 Å². The van der Waals surface area contributed by atoms with E-state index < -0.39 is 26.5 Å². The lowest BCUT2D eigenvalue weighted by molar-refractivity contribution is -0.147. The van der Waals surface area contributed by atoms with Gasteiger partial charge in [0.05, 0.1) is 13.2 Å². The number of carbonyl (C=O) groups excluding carboxylic acids is 2. The fourth-order valence-corrected chi connectivity index (χ4v) is 5.28. The molecule has 3 N–H and O–H groups in total.